The second-order valence-electron chi connectivity index (χ2n) is 2.82. The molecule has 0 amide bonds. The molecule has 0 aromatic carbocycles. The number of fused-ring (bicyclic) bond motifs is 1. The molecule has 4 nitrogen and oxygen atoms in total. The fourth-order valence-corrected chi connectivity index (χ4v) is 1.63. The summed E-state index contributed by atoms with van der Waals surface area (Å²) in [6, 6.07) is 1.48. The molecule has 1 N–H and O–H groups in total. The lowest BCUT2D eigenvalue weighted by Crippen LogP contribution is -1.99. The maximum absolute atomic E-state index is 10.8. The van der Waals surface area contributed by atoms with Crippen LogP contribution < -0.4 is 0 Å². The quantitative estimate of drug-likeness (QED) is 0.782. The van der Waals surface area contributed by atoms with Crippen LogP contribution in [-0.4, -0.2) is 21.0 Å². The van der Waals surface area contributed by atoms with Gasteiger partial charge in [-0.2, -0.15) is 0 Å². The smallest absolute Gasteiger partial charge is 0.338 e. The van der Waals surface area contributed by atoms with Gasteiger partial charge in [-0.05, 0) is 6.07 Å². The minimum Gasteiger partial charge on any atom is -0.478 e. The highest BCUT2D eigenvalue weighted by atomic mass is 35.5. The SMILES string of the molecule is O=C(O)c1cnc2cnc(Cl)cc2c1Cl. The van der Waals surface area contributed by atoms with Crippen molar-refractivity contribution >= 4 is 40.1 Å². The lowest BCUT2D eigenvalue weighted by atomic mass is 10.2. The molecule has 2 heterocycles. The van der Waals surface area contributed by atoms with Gasteiger partial charge in [0.05, 0.1) is 22.3 Å². The summed E-state index contributed by atoms with van der Waals surface area (Å²) in [6.07, 6.45) is 2.64. The van der Waals surface area contributed by atoms with Gasteiger partial charge in [0, 0.05) is 11.6 Å². The van der Waals surface area contributed by atoms with Gasteiger partial charge < -0.3 is 5.11 Å². The third kappa shape index (κ3) is 1.73. The Kier molecular flexibility index (Phi) is 2.46. The van der Waals surface area contributed by atoms with Crippen molar-refractivity contribution < 1.29 is 9.90 Å². The van der Waals surface area contributed by atoms with Crippen molar-refractivity contribution in [1.82, 2.24) is 9.97 Å². The summed E-state index contributed by atoms with van der Waals surface area (Å²) in [7, 11) is 0. The lowest BCUT2D eigenvalue weighted by Gasteiger charge is -2.02. The van der Waals surface area contributed by atoms with Gasteiger partial charge in [0.15, 0.2) is 0 Å². The molecule has 0 aliphatic rings. The molecule has 0 spiro atoms. The van der Waals surface area contributed by atoms with E-state index in [9.17, 15) is 4.79 Å². The van der Waals surface area contributed by atoms with Crippen molar-refractivity contribution in [3.05, 3.63) is 34.2 Å². The molecule has 6 heteroatoms. The maximum Gasteiger partial charge on any atom is 0.338 e. The summed E-state index contributed by atoms with van der Waals surface area (Å²) in [5.41, 5.74) is 0.459. The molecule has 0 aliphatic carbocycles. The van der Waals surface area contributed by atoms with E-state index in [0.717, 1.165) is 0 Å². The number of aromatic nitrogens is 2. The summed E-state index contributed by atoms with van der Waals surface area (Å²) in [6.45, 7) is 0. The molecule has 0 saturated carbocycles. The van der Waals surface area contributed by atoms with Gasteiger partial charge in [0.2, 0.25) is 0 Å². The Labute approximate surface area is 94.5 Å². The molecule has 15 heavy (non-hydrogen) atoms. The molecule has 2 aromatic rings. The average Bonchev–Trinajstić information content (AvgIpc) is 2.19. The Bertz CT molecular complexity index is 557. The predicted molar refractivity (Wildman–Crippen MR) is 56.5 cm³/mol. The molecule has 0 bridgehead atoms. The Morgan fingerprint density at radius 3 is 2.67 bits per heavy atom. The van der Waals surface area contributed by atoms with E-state index in [1.165, 1.54) is 18.5 Å². The highest BCUT2D eigenvalue weighted by molar-refractivity contribution is 6.38. The Hall–Kier alpha value is -1.39. The third-order valence-corrected chi connectivity index (χ3v) is 2.50. The first kappa shape index (κ1) is 10.1. The van der Waals surface area contributed by atoms with Crippen molar-refractivity contribution in [3.8, 4) is 0 Å². The molecule has 76 valence electrons. The van der Waals surface area contributed by atoms with Crippen LogP contribution in [0.25, 0.3) is 10.9 Å². The number of pyridine rings is 2. The number of nitrogens with zero attached hydrogens (tertiary/aromatic N) is 2. The summed E-state index contributed by atoms with van der Waals surface area (Å²) in [4.78, 5) is 18.5. The van der Waals surface area contributed by atoms with E-state index in [1.807, 2.05) is 0 Å². The van der Waals surface area contributed by atoms with Crippen LogP contribution in [0.2, 0.25) is 10.2 Å². The maximum atomic E-state index is 10.8. The molecule has 0 saturated heterocycles. The van der Waals surface area contributed by atoms with Gasteiger partial charge in [-0.3, -0.25) is 4.98 Å². The molecule has 0 radical (unpaired) electrons. The van der Waals surface area contributed by atoms with E-state index in [0.29, 0.717) is 10.9 Å². The largest absolute Gasteiger partial charge is 0.478 e. The van der Waals surface area contributed by atoms with Gasteiger partial charge in [0.25, 0.3) is 0 Å². The number of carboxylic acids is 1. The van der Waals surface area contributed by atoms with E-state index in [2.05, 4.69) is 9.97 Å². The standard InChI is InChI=1S/C9H4Cl2N2O2/c10-7-1-4-6(3-13-7)12-2-5(8(4)11)9(14)15/h1-3H,(H,14,15). The van der Waals surface area contributed by atoms with Crippen LogP contribution in [0.3, 0.4) is 0 Å². The third-order valence-electron chi connectivity index (χ3n) is 1.89. The molecule has 0 aliphatic heterocycles. The van der Waals surface area contributed by atoms with Crippen LogP contribution in [0.4, 0.5) is 0 Å². The monoisotopic (exact) mass is 242 g/mol. The topological polar surface area (TPSA) is 63.1 Å². The van der Waals surface area contributed by atoms with E-state index in [4.69, 9.17) is 28.3 Å². The van der Waals surface area contributed by atoms with E-state index in [-0.39, 0.29) is 15.7 Å². The molecule has 0 fully saturated rings. The fraction of sp³-hybridized carbons (Fsp3) is 0. The zero-order valence-electron chi connectivity index (χ0n) is 7.24. The Morgan fingerprint density at radius 1 is 1.27 bits per heavy atom. The molecule has 2 rings (SSSR count). The van der Waals surface area contributed by atoms with Crippen molar-refractivity contribution in [2.75, 3.05) is 0 Å². The second-order valence-corrected chi connectivity index (χ2v) is 3.58. The van der Waals surface area contributed by atoms with Crippen molar-refractivity contribution in [1.29, 1.82) is 0 Å². The zero-order chi connectivity index (χ0) is 11.0. The molecule has 0 unspecified atom stereocenters. The van der Waals surface area contributed by atoms with Crippen LogP contribution in [0, 0.1) is 0 Å². The van der Waals surface area contributed by atoms with Crippen molar-refractivity contribution in [3.63, 3.8) is 0 Å². The number of hydrogen-bond acceptors (Lipinski definition) is 3. The summed E-state index contributed by atoms with van der Waals surface area (Å²) in [5, 5.41) is 9.67. The second kappa shape index (κ2) is 3.64. The van der Waals surface area contributed by atoms with E-state index < -0.39 is 5.97 Å². The Balaban J connectivity index is 2.82. The van der Waals surface area contributed by atoms with Gasteiger partial charge >= 0.3 is 5.97 Å². The van der Waals surface area contributed by atoms with Crippen LogP contribution in [0.5, 0.6) is 0 Å². The first-order chi connectivity index (χ1) is 7.09. The van der Waals surface area contributed by atoms with E-state index >= 15 is 0 Å². The molecule has 2 aromatic heterocycles. The zero-order valence-corrected chi connectivity index (χ0v) is 8.75. The van der Waals surface area contributed by atoms with Crippen LogP contribution in [0.15, 0.2) is 18.5 Å². The van der Waals surface area contributed by atoms with Crippen LogP contribution >= 0.6 is 23.2 Å². The summed E-state index contributed by atoms with van der Waals surface area (Å²) >= 11 is 11.6. The summed E-state index contributed by atoms with van der Waals surface area (Å²) in [5.74, 6) is -1.12. The number of halogens is 2. The summed E-state index contributed by atoms with van der Waals surface area (Å²) < 4.78 is 0. The van der Waals surface area contributed by atoms with Crippen molar-refractivity contribution in [2.24, 2.45) is 0 Å². The first-order valence-electron chi connectivity index (χ1n) is 3.92. The number of carbonyl (C=O) groups is 1. The predicted octanol–water partition coefficient (Wildman–Crippen LogP) is 2.63. The number of rotatable bonds is 1. The molecule has 0 atom stereocenters. The highest BCUT2D eigenvalue weighted by Gasteiger charge is 2.13. The van der Waals surface area contributed by atoms with Crippen molar-refractivity contribution in [2.45, 2.75) is 0 Å². The van der Waals surface area contributed by atoms with Gasteiger partial charge in [-0.1, -0.05) is 23.2 Å². The molecular weight excluding hydrogens is 239 g/mol. The van der Waals surface area contributed by atoms with Crippen LogP contribution in [0.1, 0.15) is 10.4 Å². The first-order valence-corrected chi connectivity index (χ1v) is 4.68. The fourth-order valence-electron chi connectivity index (χ4n) is 1.19. The lowest BCUT2D eigenvalue weighted by molar-refractivity contribution is 0.0697. The average molecular weight is 243 g/mol. The minimum absolute atomic E-state index is 0.0496. The van der Waals surface area contributed by atoms with Crippen LogP contribution in [-0.2, 0) is 0 Å². The highest BCUT2D eigenvalue weighted by Crippen LogP contribution is 2.26. The van der Waals surface area contributed by atoms with E-state index in [1.54, 1.807) is 0 Å². The van der Waals surface area contributed by atoms with Gasteiger partial charge in [-0.25, -0.2) is 9.78 Å². The Morgan fingerprint density at radius 2 is 2.00 bits per heavy atom. The number of aromatic carboxylic acids is 1. The minimum atomic E-state index is -1.12. The van der Waals surface area contributed by atoms with Gasteiger partial charge in [0.1, 0.15) is 5.15 Å². The number of hydrogen-bond donors (Lipinski definition) is 1. The molecular formula is C9H4Cl2N2O2. The normalized spacial score (nSPS) is 10.5. The number of carboxylic acid groups (broad SMARTS) is 1. The van der Waals surface area contributed by atoms with Gasteiger partial charge in [-0.15, -0.1) is 0 Å².